The summed E-state index contributed by atoms with van der Waals surface area (Å²) in [7, 11) is 0. The Kier molecular flexibility index (Phi) is 31.4. The SMILES string of the molecule is CCCCCCCCCCCC[C@@H](O)CN(CCCCCCOC(=O)C(CCCCCC)CCCCCCCC)CCCn1ccnc1C. The summed E-state index contributed by atoms with van der Waals surface area (Å²) in [6.07, 6.45) is 37.8. The smallest absolute Gasteiger partial charge is 0.308 e. The van der Waals surface area contributed by atoms with E-state index >= 15 is 0 Å². The minimum Gasteiger partial charge on any atom is -0.465 e. The van der Waals surface area contributed by atoms with Gasteiger partial charge in [-0.15, -0.1) is 0 Å². The lowest BCUT2D eigenvalue weighted by Crippen LogP contribution is -2.34. The lowest BCUT2D eigenvalue weighted by atomic mass is 9.94. The predicted octanol–water partition coefficient (Wildman–Crippen LogP) is 12.0. The van der Waals surface area contributed by atoms with Crippen LogP contribution in [0.2, 0.25) is 0 Å². The Labute approximate surface area is 304 Å². The zero-order valence-electron chi connectivity index (χ0n) is 33.2. The van der Waals surface area contributed by atoms with Crippen molar-refractivity contribution >= 4 is 5.97 Å². The zero-order chi connectivity index (χ0) is 35.6. The van der Waals surface area contributed by atoms with Crippen molar-refractivity contribution in [2.24, 2.45) is 5.92 Å². The summed E-state index contributed by atoms with van der Waals surface area (Å²) in [6.45, 7) is 13.2. The standard InChI is InChI=1S/C43H83N3O3/c1-5-8-11-14-16-17-18-19-21-26-32-42(47)39-45(35-29-36-46-37-33-44-40(46)4)34-27-22-23-28-38-49-43(48)41(30-24-13-10-7-3)31-25-20-15-12-9-6-2/h33,37,41-42,47H,5-32,34-36,38-39H2,1-4H3/t41?,42-/m1/s1. The van der Waals surface area contributed by atoms with Crippen LogP contribution in [0.4, 0.5) is 0 Å². The topological polar surface area (TPSA) is 67.6 Å². The van der Waals surface area contributed by atoms with Crippen molar-refractivity contribution in [1.82, 2.24) is 14.5 Å². The van der Waals surface area contributed by atoms with Gasteiger partial charge in [0.15, 0.2) is 0 Å². The third-order valence-electron chi connectivity index (χ3n) is 10.4. The molecule has 1 unspecified atom stereocenters. The molecule has 0 radical (unpaired) electrons. The van der Waals surface area contributed by atoms with Crippen LogP contribution >= 0.6 is 0 Å². The van der Waals surface area contributed by atoms with E-state index in [9.17, 15) is 9.90 Å². The van der Waals surface area contributed by atoms with Gasteiger partial charge < -0.3 is 19.3 Å². The monoisotopic (exact) mass is 690 g/mol. The van der Waals surface area contributed by atoms with Gasteiger partial charge in [-0.2, -0.15) is 0 Å². The minimum absolute atomic E-state index is 0.0563. The molecule has 0 saturated heterocycles. The number of carbonyl (C=O) groups is 1. The Bertz CT molecular complexity index is 844. The molecule has 0 aliphatic rings. The molecule has 1 heterocycles. The fourth-order valence-corrected chi connectivity index (χ4v) is 7.11. The number of nitrogens with zero attached hydrogens (tertiary/aromatic N) is 3. The molecule has 0 bridgehead atoms. The van der Waals surface area contributed by atoms with Crippen molar-refractivity contribution in [1.29, 1.82) is 0 Å². The van der Waals surface area contributed by atoms with E-state index in [0.717, 1.165) is 103 Å². The maximum Gasteiger partial charge on any atom is 0.308 e. The highest BCUT2D eigenvalue weighted by molar-refractivity contribution is 5.72. The summed E-state index contributed by atoms with van der Waals surface area (Å²) in [4.78, 5) is 19.8. The number of carbonyl (C=O) groups excluding carboxylic acids is 1. The third kappa shape index (κ3) is 27.0. The van der Waals surface area contributed by atoms with Crippen LogP contribution in [0.25, 0.3) is 0 Å². The van der Waals surface area contributed by atoms with Crippen LogP contribution in [0.5, 0.6) is 0 Å². The van der Waals surface area contributed by atoms with E-state index in [2.05, 4.69) is 48.3 Å². The van der Waals surface area contributed by atoms with Gasteiger partial charge in [0.05, 0.1) is 18.6 Å². The second-order valence-corrected chi connectivity index (χ2v) is 15.1. The van der Waals surface area contributed by atoms with Gasteiger partial charge in [0, 0.05) is 25.5 Å². The molecule has 0 aliphatic heterocycles. The number of rotatable bonds is 37. The Morgan fingerprint density at radius 2 is 1.14 bits per heavy atom. The first-order chi connectivity index (χ1) is 24.0. The van der Waals surface area contributed by atoms with E-state index < -0.39 is 0 Å². The van der Waals surface area contributed by atoms with Gasteiger partial charge in [0.1, 0.15) is 5.82 Å². The first kappa shape index (κ1) is 45.6. The number of hydrogen-bond donors (Lipinski definition) is 1. The van der Waals surface area contributed by atoms with Gasteiger partial charge in [-0.05, 0) is 58.5 Å². The Morgan fingerprint density at radius 1 is 0.673 bits per heavy atom. The highest BCUT2D eigenvalue weighted by Crippen LogP contribution is 2.21. The molecule has 6 nitrogen and oxygen atoms in total. The first-order valence-electron chi connectivity index (χ1n) is 21.6. The van der Waals surface area contributed by atoms with Gasteiger partial charge in [-0.3, -0.25) is 4.79 Å². The predicted molar refractivity (Wildman–Crippen MR) is 210 cm³/mol. The van der Waals surface area contributed by atoms with Crippen LogP contribution < -0.4 is 0 Å². The van der Waals surface area contributed by atoms with Crippen molar-refractivity contribution in [3.63, 3.8) is 0 Å². The molecule has 0 amide bonds. The molecule has 2 atom stereocenters. The van der Waals surface area contributed by atoms with Crippen LogP contribution in [0.1, 0.15) is 206 Å². The number of unbranched alkanes of at least 4 members (excludes halogenated alkanes) is 20. The number of hydrogen-bond acceptors (Lipinski definition) is 5. The average molecular weight is 690 g/mol. The highest BCUT2D eigenvalue weighted by Gasteiger charge is 2.19. The number of esters is 1. The Hall–Kier alpha value is -1.40. The Balaban J connectivity index is 2.35. The van der Waals surface area contributed by atoms with Crippen molar-refractivity contribution in [2.45, 2.75) is 220 Å². The molecular formula is C43H83N3O3. The summed E-state index contributed by atoms with van der Waals surface area (Å²) in [5.41, 5.74) is 0. The van der Waals surface area contributed by atoms with E-state index in [0.29, 0.717) is 6.61 Å². The van der Waals surface area contributed by atoms with Gasteiger partial charge in [-0.1, -0.05) is 162 Å². The molecule has 0 aliphatic carbocycles. The molecule has 1 aromatic rings. The maximum atomic E-state index is 13.0. The molecule has 288 valence electrons. The second-order valence-electron chi connectivity index (χ2n) is 15.1. The fraction of sp³-hybridized carbons (Fsp3) is 0.907. The van der Waals surface area contributed by atoms with E-state index in [4.69, 9.17) is 4.74 Å². The molecular weight excluding hydrogens is 606 g/mol. The number of aryl methyl sites for hydroxylation is 2. The summed E-state index contributed by atoms with van der Waals surface area (Å²) >= 11 is 0. The maximum absolute atomic E-state index is 13.0. The van der Waals surface area contributed by atoms with Crippen LogP contribution in [-0.2, 0) is 16.1 Å². The molecule has 0 aromatic carbocycles. The van der Waals surface area contributed by atoms with Crippen molar-refractivity contribution < 1.29 is 14.6 Å². The highest BCUT2D eigenvalue weighted by atomic mass is 16.5. The molecule has 1 rings (SSSR count). The normalized spacial score (nSPS) is 12.9. The van der Waals surface area contributed by atoms with Crippen LogP contribution in [-0.4, -0.2) is 57.9 Å². The summed E-state index contributed by atoms with van der Waals surface area (Å²) in [5, 5.41) is 10.9. The number of aliphatic hydroxyl groups is 1. The van der Waals surface area contributed by atoms with Gasteiger partial charge in [0.25, 0.3) is 0 Å². The average Bonchev–Trinajstić information content (AvgIpc) is 3.51. The summed E-state index contributed by atoms with van der Waals surface area (Å²) in [6, 6.07) is 0. The summed E-state index contributed by atoms with van der Waals surface area (Å²) < 4.78 is 8.06. The lowest BCUT2D eigenvalue weighted by molar-refractivity contribution is -0.149. The number of imidazole rings is 1. The molecule has 49 heavy (non-hydrogen) atoms. The van der Waals surface area contributed by atoms with Crippen molar-refractivity contribution in [2.75, 3.05) is 26.2 Å². The first-order valence-corrected chi connectivity index (χ1v) is 21.6. The minimum atomic E-state index is -0.241. The largest absolute Gasteiger partial charge is 0.465 e. The van der Waals surface area contributed by atoms with Crippen LogP contribution in [0.15, 0.2) is 12.4 Å². The lowest BCUT2D eigenvalue weighted by Gasteiger charge is -2.25. The molecule has 6 heteroatoms. The van der Waals surface area contributed by atoms with Crippen LogP contribution in [0, 0.1) is 12.8 Å². The number of aromatic nitrogens is 2. The third-order valence-corrected chi connectivity index (χ3v) is 10.4. The molecule has 1 N–H and O–H groups in total. The zero-order valence-corrected chi connectivity index (χ0v) is 33.2. The summed E-state index contributed by atoms with van der Waals surface area (Å²) in [5.74, 6) is 1.22. The van der Waals surface area contributed by atoms with E-state index in [1.807, 2.05) is 6.20 Å². The van der Waals surface area contributed by atoms with Gasteiger partial charge in [0.2, 0.25) is 0 Å². The number of ether oxygens (including phenoxy) is 1. The number of aliphatic hydroxyl groups excluding tert-OH is 1. The molecule has 0 fully saturated rings. The van der Waals surface area contributed by atoms with E-state index in [-0.39, 0.29) is 18.0 Å². The fourth-order valence-electron chi connectivity index (χ4n) is 7.11. The van der Waals surface area contributed by atoms with E-state index in [1.165, 1.54) is 109 Å². The quantitative estimate of drug-likeness (QED) is 0.0556. The molecule has 1 aromatic heterocycles. The Morgan fingerprint density at radius 3 is 1.69 bits per heavy atom. The second kappa shape index (κ2) is 33.7. The van der Waals surface area contributed by atoms with Gasteiger partial charge in [-0.25, -0.2) is 4.98 Å². The van der Waals surface area contributed by atoms with E-state index in [1.54, 1.807) is 0 Å². The molecule has 0 spiro atoms. The van der Waals surface area contributed by atoms with Gasteiger partial charge >= 0.3 is 5.97 Å². The van der Waals surface area contributed by atoms with Crippen LogP contribution in [0.3, 0.4) is 0 Å². The van der Waals surface area contributed by atoms with Crippen molar-refractivity contribution in [3.8, 4) is 0 Å². The van der Waals surface area contributed by atoms with Crippen molar-refractivity contribution in [3.05, 3.63) is 18.2 Å². The molecule has 0 saturated carbocycles.